The SMILES string of the molecule is C/C1=C/C[C@@H](/C(C)=C/c2csc(C)n2)OC(=O)C[C@@H](O)C(C)(C)S(=O)(=O)[C@H](C)[C@@H](O)[C@@H](C)/C=C/C1. The fraction of sp³-hybridized carbons (Fsp3) is 0.615. The Kier molecular flexibility index (Phi) is 10.0. The minimum Gasteiger partial charge on any atom is -0.457 e. The number of esters is 1. The number of aryl methyl sites for hydroxylation is 1. The highest BCUT2D eigenvalue weighted by molar-refractivity contribution is 7.93. The Labute approximate surface area is 213 Å². The van der Waals surface area contributed by atoms with Crippen molar-refractivity contribution < 1.29 is 28.2 Å². The topological polar surface area (TPSA) is 114 Å². The summed E-state index contributed by atoms with van der Waals surface area (Å²) in [7, 11) is -4.01. The zero-order chi connectivity index (χ0) is 26.6. The molecule has 0 bridgehead atoms. The minimum absolute atomic E-state index is 0.405. The molecule has 35 heavy (non-hydrogen) atoms. The Hall–Kier alpha value is -1.81. The Morgan fingerprint density at radius 1 is 1.26 bits per heavy atom. The lowest BCUT2D eigenvalue weighted by Crippen LogP contribution is -2.52. The fourth-order valence-corrected chi connectivity index (χ4v) is 6.57. The van der Waals surface area contributed by atoms with E-state index in [0.717, 1.165) is 21.8 Å². The monoisotopic (exact) mass is 525 g/mol. The molecule has 0 fully saturated rings. The number of hydrogen-bond acceptors (Lipinski definition) is 8. The van der Waals surface area contributed by atoms with Gasteiger partial charge in [0.1, 0.15) is 6.10 Å². The number of allylic oxidation sites excluding steroid dienone is 2. The number of hydrogen-bond donors (Lipinski definition) is 2. The van der Waals surface area contributed by atoms with E-state index in [4.69, 9.17) is 4.74 Å². The summed E-state index contributed by atoms with van der Waals surface area (Å²) < 4.78 is 30.7. The number of nitrogens with zero attached hydrogens (tertiary/aromatic N) is 1. The van der Waals surface area contributed by atoms with Crippen molar-refractivity contribution in [2.45, 2.75) is 96.0 Å². The van der Waals surface area contributed by atoms with Gasteiger partial charge in [-0.25, -0.2) is 13.4 Å². The first-order valence-corrected chi connectivity index (χ1v) is 14.3. The summed E-state index contributed by atoms with van der Waals surface area (Å²) in [6.45, 7) is 11.7. The summed E-state index contributed by atoms with van der Waals surface area (Å²) in [5, 5.41) is 23.3. The molecular formula is C26H39NO6S2. The van der Waals surface area contributed by atoms with E-state index in [1.807, 2.05) is 50.5 Å². The average molecular weight is 526 g/mol. The van der Waals surface area contributed by atoms with Crippen LogP contribution < -0.4 is 0 Å². The Balaban J connectivity index is 2.43. The lowest BCUT2D eigenvalue weighted by atomic mass is 10.00. The van der Waals surface area contributed by atoms with Crippen molar-refractivity contribution in [3.8, 4) is 0 Å². The number of ether oxygens (including phenoxy) is 1. The van der Waals surface area contributed by atoms with Crippen LogP contribution in [0.2, 0.25) is 0 Å². The van der Waals surface area contributed by atoms with Crippen LogP contribution in [0, 0.1) is 12.8 Å². The summed E-state index contributed by atoms with van der Waals surface area (Å²) in [5.74, 6) is -1.09. The molecule has 1 aliphatic heterocycles. The number of thiazole rings is 1. The number of cyclic esters (lactones) is 1. The Bertz CT molecular complexity index is 1080. The number of carbonyl (C=O) groups excluding carboxylic acids is 1. The van der Waals surface area contributed by atoms with Crippen LogP contribution in [0.5, 0.6) is 0 Å². The predicted octanol–water partition coefficient (Wildman–Crippen LogP) is 4.39. The van der Waals surface area contributed by atoms with Crippen molar-refractivity contribution in [3.05, 3.63) is 45.5 Å². The van der Waals surface area contributed by atoms with Crippen molar-refractivity contribution in [1.29, 1.82) is 0 Å². The summed E-state index contributed by atoms with van der Waals surface area (Å²) in [6, 6.07) is 0. The molecule has 5 atom stereocenters. The van der Waals surface area contributed by atoms with Gasteiger partial charge in [0.2, 0.25) is 0 Å². The highest BCUT2D eigenvalue weighted by atomic mass is 32.2. The first-order chi connectivity index (χ1) is 16.2. The molecule has 0 spiro atoms. The maximum Gasteiger partial charge on any atom is 0.309 e. The van der Waals surface area contributed by atoms with E-state index in [1.54, 1.807) is 6.92 Å². The third kappa shape index (κ3) is 7.35. The van der Waals surface area contributed by atoms with E-state index in [2.05, 4.69) is 4.98 Å². The van der Waals surface area contributed by atoms with Gasteiger partial charge in [0.05, 0.1) is 39.3 Å². The molecule has 2 N–H and O–H groups in total. The lowest BCUT2D eigenvalue weighted by molar-refractivity contribution is -0.149. The third-order valence-electron chi connectivity index (χ3n) is 6.76. The maximum atomic E-state index is 13.3. The van der Waals surface area contributed by atoms with Crippen molar-refractivity contribution in [1.82, 2.24) is 4.98 Å². The van der Waals surface area contributed by atoms with E-state index in [-0.39, 0.29) is 0 Å². The molecule has 7 nitrogen and oxygen atoms in total. The Morgan fingerprint density at radius 3 is 2.51 bits per heavy atom. The summed E-state index contributed by atoms with van der Waals surface area (Å²) >= 11 is 1.53. The van der Waals surface area contributed by atoms with Gasteiger partial charge in [0.15, 0.2) is 9.84 Å². The van der Waals surface area contributed by atoms with Crippen molar-refractivity contribution in [2.24, 2.45) is 5.92 Å². The quantitative estimate of drug-likeness (QED) is 0.435. The highest BCUT2D eigenvalue weighted by Gasteiger charge is 2.47. The second-order valence-electron chi connectivity index (χ2n) is 10.00. The number of carbonyl (C=O) groups is 1. The van der Waals surface area contributed by atoms with Crippen LogP contribution in [0.15, 0.2) is 34.8 Å². The minimum atomic E-state index is -4.01. The van der Waals surface area contributed by atoms with Crippen molar-refractivity contribution >= 4 is 33.2 Å². The van der Waals surface area contributed by atoms with Gasteiger partial charge in [-0.1, -0.05) is 30.7 Å². The van der Waals surface area contributed by atoms with E-state index in [1.165, 1.54) is 32.1 Å². The predicted molar refractivity (Wildman–Crippen MR) is 141 cm³/mol. The standard InChI is InChI=1S/C26H39NO6S2/c1-16-9-8-10-17(2)25(30)19(4)35(31,32)26(6,7)23(28)14-24(29)33-22(12-11-16)18(3)13-21-15-34-20(5)27-21/h8,10-11,13,15,17,19,22-23,25,28,30H,9,12,14H2,1-7H3/b10-8+,16-11-,18-13+/t17-,19+,22-,23+,25-/m0/s1. The van der Waals surface area contributed by atoms with E-state index in [9.17, 15) is 23.4 Å². The third-order valence-corrected chi connectivity index (χ3v) is 10.5. The molecule has 0 saturated carbocycles. The summed E-state index contributed by atoms with van der Waals surface area (Å²) in [4.78, 5) is 17.3. The number of rotatable bonds is 2. The van der Waals surface area contributed by atoms with Gasteiger partial charge in [-0.05, 0) is 59.6 Å². The molecule has 1 aromatic rings. The molecule has 1 aliphatic rings. The number of sulfone groups is 1. The molecule has 0 aliphatic carbocycles. The van der Waals surface area contributed by atoms with Crippen LogP contribution in [0.3, 0.4) is 0 Å². The van der Waals surface area contributed by atoms with Gasteiger partial charge in [-0.15, -0.1) is 11.3 Å². The van der Waals surface area contributed by atoms with E-state index >= 15 is 0 Å². The second-order valence-corrected chi connectivity index (χ2v) is 13.9. The smallest absolute Gasteiger partial charge is 0.309 e. The van der Waals surface area contributed by atoms with Crippen molar-refractivity contribution in [3.63, 3.8) is 0 Å². The number of aromatic nitrogens is 1. The van der Waals surface area contributed by atoms with Gasteiger partial charge < -0.3 is 14.9 Å². The van der Waals surface area contributed by atoms with Gasteiger partial charge in [-0.2, -0.15) is 0 Å². The molecule has 1 aromatic heterocycles. The average Bonchev–Trinajstić information content (AvgIpc) is 3.18. The molecule has 196 valence electrons. The number of aliphatic hydroxyl groups excluding tert-OH is 2. The molecule has 0 aromatic carbocycles. The first-order valence-electron chi connectivity index (χ1n) is 11.9. The second kappa shape index (κ2) is 12.0. The molecule has 2 heterocycles. The molecule has 2 rings (SSSR count). The van der Waals surface area contributed by atoms with Crippen LogP contribution in [-0.4, -0.2) is 57.9 Å². The molecular weight excluding hydrogens is 486 g/mol. The highest BCUT2D eigenvalue weighted by Crippen LogP contribution is 2.31. The van der Waals surface area contributed by atoms with Crippen LogP contribution in [-0.2, 0) is 19.4 Å². The van der Waals surface area contributed by atoms with E-state index < -0.39 is 56.5 Å². The molecule has 0 unspecified atom stereocenters. The van der Waals surface area contributed by atoms with Gasteiger partial charge >= 0.3 is 5.97 Å². The first kappa shape index (κ1) is 29.4. The zero-order valence-corrected chi connectivity index (χ0v) is 23.3. The number of aliphatic hydroxyl groups is 2. The Morgan fingerprint density at radius 2 is 1.91 bits per heavy atom. The normalized spacial score (nSPS) is 33.4. The van der Waals surface area contributed by atoms with Crippen LogP contribution in [0.4, 0.5) is 0 Å². The summed E-state index contributed by atoms with van der Waals surface area (Å²) in [5.41, 5.74) is 2.64. The molecule has 0 amide bonds. The van der Waals surface area contributed by atoms with Gasteiger partial charge in [-0.3, -0.25) is 4.79 Å². The van der Waals surface area contributed by atoms with Crippen LogP contribution >= 0.6 is 11.3 Å². The van der Waals surface area contributed by atoms with Gasteiger partial charge in [0, 0.05) is 17.7 Å². The molecule has 0 saturated heterocycles. The molecule has 0 radical (unpaired) electrons. The largest absolute Gasteiger partial charge is 0.457 e. The van der Waals surface area contributed by atoms with Crippen LogP contribution in [0.1, 0.15) is 71.5 Å². The van der Waals surface area contributed by atoms with Gasteiger partial charge in [0.25, 0.3) is 0 Å². The van der Waals surface area contributed by atoms with E-state index in [0.29, 0.717) is 12.8 Å². The lowest BCUT2D eigenvalue weighted by Gasteiger charge is -2.35. The van der Waals surface area contributed by atoms with Crippen LogP contribution in [0.25, 0.3) is 6.08 Å². The van der Waals surface area contributed by atoms with Crippen molar-refractivity contribution in [2.75, 3.05) is 0 Å². The summed E-state index contributed by atoms with van der Waals surface area (Å²) in [6.07, 6.45) is 4.94. The molecule has 9 heteroatoms. The fourth-order valence-electron chi connectivity index (χ4n) is 3.96. The maximum absolute atomic E-state index is 13.3. The zero-order valence-electron chi connectivity index (χ0n) is 21.7.